The van der Waals surface area contributed by atoms with Crippen molar-refractivity contribution in [2.45, 2.75) is 13.5 Å². The van der Waals surface area contributed by atoms with Gasteiger partial charge in [-0.2, -0.15) is 0 Å². The first kappa shape index (κ1) is 13.4. The summed E-state index contributed by atoms with van der Waals surface area (Å²) in [6.45, 7) is 2.54. The molecule has 0 N–H and O–H groups in total. The molecule has 0 aliphatic heterocycles. The quantitative estimate of drug-likeness (QED) is 0.739. The molecule has 0 aliphatic carbocycles. The number of pyridine rings is 1. The maximum atomic E-state index is 12.5. The van der Waals surface area contributed by atoms with E-state index in [1.54, 1.807) is 4.90 Å². The monoisotopic (exact) mass is 279 g/mol. The fraction of sp³-hybridized carbons (Fsp3) is 0.176. The van der Waals surface area contributed by atoms with E-state index >= 15 is 0 Å². The second-order valence-electron chi connectivity index (χ2n) is 5.21. The Morgan fingerprint density at radius 3 is 2.76 bits per heavy atom. The fourth-order valence-electron chi connectivity index (χ4n) is 2.39. The highest BCUT2D eigenvalue weighted by molar-refractivity contribution is 5.94. The number of nitrogens with zero attached hydrogens (tertiary/aromatic N) is 3. The predicted molar refractivity (Wildman–Crippen MR) is 82.2 cm³/mol. The van der Waals surface area contributed by atoms with Gasteiger partial charge in [0.25, 0.3) is 5.91 Å². The fourth-order valence-corrected chi connectivity index (χ4v) is 2.39. The molecule has 4 heteroatoms. The van der Waals surface area contributed by atoms with Crippen LogP contribution in [0.3, 0.4) is 0 Å². The maximum absolute atomic E-state index is 12.5. The number of aromatic nitrogens is 2. The summed E-state index contributed by atoms with van der Waals surface area (Å²) >= 11 is 0. The summed E-state index contributed by atoms with van der Waals surface area (Å²) in [6, 6.07) is 13.6. The molecule has 0 atom stereocenters. The average Bonchev–Trinajstić information content (AvgIpc) is 2.86. The molecule has 0 bridgehead atoms. The van der Waals surface area contributed by atoms with Gasteiger partial charge in [0.05, 0.1) is 5.69 Å². The second kappa shape index (κ2) is 5.40. The van der Waals surface area contributed by atoms with Gasteiger partial charge in [-0.05, 0) is 24.6 Å². The third-order valence-corrected chi connectivity index (χ3v) is 3.44. The summed E-state index contributed by atoms with van der Waals surface area (Å²) in [4.78, 5) is 18.6. The number of aryl methyl sites for hydroxylation is 1. The van der Waals surface area contributed by atoms with Crippen molar-refractivity contribution in [2.24, 2.45) is 0 Å². The molecule has 1 aromatic carbocycles. The Kier molecular flexibility index (Phi) is 3.44. The van der Waals surface area contributed by atoms with Crippen molar-refractivity contribution >= 4 is 11.6 Å². The number of rotatable bonds is 3. The molecular weight excluding hydrogens is 262 g/mol. The summed E-state index contributed by atoms with van der Waals surface area (Å²) in [6.07, 6.45) is 3.82. The van der Waals surface area contributed by atoms with Gasteiger partial charge in [-0.3, -0.25) is 4.79 Å². The van der Waals surface area contributed by atoms with Gasteiger partial charge in [0.15, 0.2) is 0 Å². The number of hydrogen-bond donors (Lipinski definition) is 0. The average molecular weight is 279 g/mol. The minimum absolute atomic E-state index is 0.00186. The zero-order chi connectivity index (χ0) is 14.8. The van der Waals surface area contributed by atoms with E-state index in [-0.39, 0.29) is 5.91 Å². The summed E-state index contributed by atoms with van der Waals surface area (Å²) in [5.41, 5.74) is 3.52. The maximum Gasteiger partial charge on any atom is 0.254 e. The third kappa shape index (κ3) is 2.79. The number of benzene rings is 1. The smallest absolute Gasteiger partial charge is 0.254 e. The molecule has 2 heterocycles. The first-order chi connectivity index (χ1) is 10.1. The van der Waals surface area contributed by atoms with E-state index < -0.39 is 0 Å². The van der Waals surface area contributed by atoms with E-state index in [0.717, 1.165) is 16.9 Å². The molecule has 0 saturated carbocycles. The molecule has 3 aromatic rings. The van der Waals surface area contributed by atoms with Gasteiger partial charge in [0.1, 0.15) is 5.65 Å². The molecule has 2 aromatic heterocycles. The van der Waals surface area contributed by atoms with Gasteiger partial charge in [-0.15, -0.1) is 0 Å². The van der Waals surface area contributed by atoms with Gasteiger partial charge < -0.3 is 9.30 Å². The van der Waals surface area contributed by atoms with Crippen LogP contribution in [-0.4, -0.2) is 27.2 Å². The number of hydrogen-bond acceptors (Lipinski definition) is 2. The van der Waals surface area contributed by atoms with E-state index in [2.05, 4.69) is 4.98 Å². The topological polar surface area (TPSA) is 37.6 Å². The molecule has 0 saturated heterocycles. The Bertz CT molecular complexity index is 777. The Hall–Kier alpha value is -2.62. The zero-order valence-corrected chi connectivity index (χ0v) is 12.2. The predicted octanol–water partition coefficient (Wildman–Crippen LogP) is 2.91. The third-order valence-electron chi connectivity index (χ3n) is 3.44. The van der Waals surface area contributed by atoms with Crippen molar-refractivity contribution < 1.29 is 4.79 Å². The first-order valence-corrected chi connectivity index (χ1v) is 6.88. The molecule has 0 radical (unpaired) electrons. The van der Waals surface area contributed by atoms with Crippen LogP contribution in [0, 0.1) is 6.92 Å². The lowest BCUT2D eigenvalue weighted by molar-refractivity contribution is 0.0785. The van der Waals surface area contributed by atoms with Gasteiger partial charge in [-0.1, -0.05) is 30.3 Å². The summed E-state index contributed by atoms with van der Waals surface area (Å²) in [5.74, 6) is 0.00186. The molecule has 0 unspecified atom stereocenters. The van der Waals surface area contributed by atoms with Gasteiger partial charge >= 0.3 is 0 Å². The molecule has 4 nitrogen and oxygen atoms in total. The minimum atomic E-state index is 0.00186. The standard InChI is InChI=1S/C17H17N3O/c1-13-11-20-9-8-15(10-16(20)18-13)17(21)19(2)12-14-6-4-3-5-7-14/h3-11H,12H2,1-2H3. The van der Waals surface area contributed by atoms with Crippen molar-refractivity contribution in [1.29, 1.82) is 0 Å². The van der Waals surface area contributed by atoms with Crippen LogP contribution in [0.5, 0.6) is 0 Å². The van der Waals surface area contributed by atoms with Crippen LogP contribution >= 0.6 is 0 Å². The molecular formula is C17H17N3O. The molecule has 0 aliphatic rings. The first-order valence-electron chi connectivity index (χ1n) is 6.88. The molecule has 0 fully saturated rings. The second-order valence-corrected chi connectivity index (χ2v) is 5.21. The van der Waals surface area contributed by atoms with Crippen LogP contribution in [0.4, 0.5) is 0 Å². The van der Waals surface area contributed by atoms with E-state index in [9.17, 15) is 4.79 Å². The van der Waals surface area contributed by atoms with Crippen LogP contribution in [0.1, 0.15) is 21.6 Å². The molecule has 21 heavy (non-hydrogen) atoms. The SMILES string of the molecule is Cc1cn2ccc(C(=O)N(C)Cc3ccccc3)cc2n1. The van der Waals surface area contributed by atoms with Crippen molar-refractivity contribution in [1.82, 2.24) is 14.3 Å². The normalized spacial score (nSPS) is 10.8. The van der Waals surface area contributed by atoms with Crippen molar-refractivity contribution in [3.05, 3.63) is 71.7 Å². The van der Waals surface area contributed by atoms with Crippen molar-refractivity contribution in [3.63, 3.8) is 0 Å². The molecule has 106 valence electrons. The van der Waals surface area contributed by atoms with E-state index in [4.69, 9.17) is 0 Å². The van der Waals surface area contributed by atoms with Crippen molar-refractivity contribution in [3.8, 4) is 0 Å². The Balaban J connectivity index is 1.82. The number of carbonyl (C=O) groups excluding carboxylic acids is 1. The summed E-state index contributed by atoms with van der Waals surface area (Å²) in [5, 5.41) is 0. The minimum Gasteiger partial charge on any atom is -0.337 e. The lowest BCUT2D eigenvalue weighted by Gasteiger charge is -2.17. The number of carbonyl (C=O) groups is 1. The lowest BCUT2D eigenvalue weighted by atomic mass is 10.2. The summed E-state index contributed by atoms with van der Waals surface area (Å²) < 4.78 is 1.92. The molecule has 0 spiro atoms. The highest BCUT2D eigenvalue weighted by Gasteiger charge is 2.13. The highest BCUT2D eigenvalue weighted by atomic mass is 16.2. The van der Waals surface area contributed by atoms with E-state index in [0.29, 0.717) is 12.1 Å². The number of amides is 1. The number of imidazole rings is 1. The summed E-state index contributed by atoms with van der Waals surface area (Å²) in [7, 11) is 1.82. The Labute approximate surface area is 123 Å². The van der Waals surface area contributed by atoms with Crippen LogP contribution in [-0.2, 0) is 6.54 Å². The van der Waals surface area contributed by atoms with Crippen LogP contribution < -0.4 is 0 Å². The van der Waals surface area contributed by atoms with Crippen molar-refractivity contribution in [2.75, 3.05) is 7.05 Å². The van der Waals surface area contributed by atoms with Crippen LogP contribution in [0.15, 0.2) is 54.9 Å². The van der Waals surface area contributed by atoms with Crippen LogP contribution in [0.25, 0.3) is 5.65 Å². The van der Waals surface area contributed by atoms with E-state index in [1.807, 2.05) is 73.2 Å². The van der Waals surface area contributed by atoms with Gasteiger partial charge in [0, 0.05) is 31.5 Å². The zero-order valence-electron chi connectivity index (χ0n) is 12.2. The lowest BCUT2D eigenvalue weighted by Crippen LogP contribution is -2.26. The molecule has 1 amide bonds. The van der Waals surface area contributed by atoms with Gasteiger partial charge in [0.2, 0.25) is 0 Å². The Morgan fingerprint density at radius 2 is 2.00 bits per heavy atom. The Morgan fingerprint density at radius 1 is 1.24 bits per heavy atom. The van der Waals surface area contributed by atoms with E-state index in [1.165, 1.54) is 0 Å². The van der Waals surface area contributed by atoms with Crippen LogP contribution in [0.2, 0.25) is 0 Å². The highest BCUT2D eigenvalue weighted by Crippen LogP contribution is 2.11. The number of fused-ring (bicyclic) bond motifs is 1. The molecule has 3 rings (SSSR count). The van der Waals surface area contributed by atoms with Gasteiger partial charge in [-0.25, -0.2) is 4.98 Å². The largest absolute Gasteiger partial charge is 0.337 e.